The van der Waals surface area contributed by atoms with E-state index in [1.807, 2.05) is 23.1 Å². The second-order valence-corrected chi connectivity index (χ2v) is 8.74. The van der Waals surface area contributed by atoms with E-state index in [4.69, 9.17) is 5.73 Å². The van der Waals surface area contributed by atoms with Gasteiger partial charge in [-0.2, -0.15) is 0 Å². The van der Waals surface area contributed by atoms with Crippen LogP contribution in [0.5, 0.6) is 0 Å². The third-order valence-corrected chi connectivity index (χ3v) is 4.34. The van der Waals surface area contributed by atoms with Gasteiger partial charge in [0.15, 0.2) is 6.29 Å². The Bertz CT molecular complexity index is 631. The van der Waals surface area contributed by atoms with Crippen LogP contribution in [-0.2, 0) is 4.79 Å². The summed E-state index contributed by atoms with van der Waals surface area (Å²) >= 11 is 0. The zero-order valence-corrected chi connectivity index (χ0v) is 16.3. The van der Waals surface area contributed by atoms with Gasteiger partial charge in [0.2, 0.25) is 5.91 Å². The molecule has 0 bridgehead atoms. The molecule has 2 rings (SSSR count). The first-order valence-corrected chi connectivity index (χ1v) is 8.79. The van der Waals surface area contributed by atoms with Gasteiger partial charge < -0.3 is 20.2 Å². The van der Waals surface area contributed by atoms with Crippen LogP contribution in [0.2, 0.25) is 0 Å². The zero-order valence-electron chi connectivity index (χ0n) is 16.3. The molecule has 0 aliphatic carbocycles. The Morgan fingerprint density at radius 2 is 1.96 bits per heavy atom. The van der Waals surface area contributed by atoms with Crippen molar-refractivity contribution in [1.29, 1.82) is 0 Å². The van der Waals surface area contributed by atoms with Crippen LogP contribution >= 0.6 is 0 Å². The van der Waals surface area contributed by atoms with Gasteiger partial charge in [0.05, 0.1) is 17.0 Å². The fraction of sp³-hybridized carbons (Fsp3) is 0.632. The highest BCUT2D eigenvalue weighted by atomic mass is 16.3. The molecule has 0 aromatic heterocycles. The maximum atomic E-state index is 12.4. The van der Waals surface area contributed by atoms with Crippen molar-refractivity contribution in [2.24, 2.45) is 11.1 Å². The van der Waals surface area contributed by atoms with Gasteiger partial charge in [-0.3, -0.25) is 10.5 Å². The molecule has 1 aliphatic heterocycles. The molecule has 0 fully saturated rings. The van der Waals surface area contributed by atoms with E-state index in [2.05, 4.69) is 26.1 Å². The summed E-state index contributed by atoms with van der Waals surface area (Å²) in [6, 6.07) is 5.88. The van der Waals surface area contributed by atoms with Crippen LogP contribution < -0.4 is 20.9 Å². The molecule has 1 amide bonds. The minimum atomic E-state index is -0.734. The van der Waals surface area contributed by atoms with E-state index in [1.54, 1.807) is 25.8 Å². The molecular weight excluding hydrogens is 316 g/mol. The maximum absolute atomic E-state index is 12.4. The summed E-state index contributed by atoms with van der Waals surface area (Å²) < 4.78 is 0. The summed E-state index contributed by atoms with van der Waals surface area (Å²) in [4.78, 5) is 16.2. The highest BCUT2D eigenvalue weighted by Gasteiger charge is 2.28. The van der Waals surface area contributed by atoms with Crippen molar-refractivity contribution in [3.05, 3.63) is 18.2 Å². The van der Waals surface area contributed by atoms with Gasteiger partial charge in [0, 0.05) is 25.7 Å². The first-order chi connectivity index (χ1) is 11.4. The lowest BCUT2D eigenvalue weighted by Crippen LogP contribution is -2.45. The predicted molar refractivity (Wildman–Crippen MR) is 104 cm³/mol. The number of carbonyl (C=O) groups excluding carboxylic acids is 1. The van der Waals surface area contributed by atoms with E-state index in [0.29, 0.717) is 19.4 Å². The Morgan fingerprint density at radius 3 is 2.52 bits per heavy atom. The third kappa shape index (κ3) is 5.09. The molecular formula is C19H32N4O2. The van der Waals surface area contributed by atoms with Crippen LogP contribution in [0.1, 0.15) is 47.5 Å². The standard InChI is InChI=1S/C19H32N4O2/c1-18(2,3)12-16(24)22(6)13-7-8-15-14(11-13)21-17(20)23(15)10-9-19(4,5)25/h7-8,11,17,21,25H,9-10,12,20H2,1-6H3. The van der Waals surface area contributed by atoms with Crippen molar-refractivity contribution in [2.45, 2.75) is 59.4 Å². The first kappa shape index (κ1) is 19.5. The van der Waals surface area contributed by atoms with Gasteiger partial charge in [-0.1, -0.05) is 20.8 Å². The zero-order chi connectivity index (χ0) is 19.0. The molecule has 1 heterocycles. The normalized spacial score (nSPS) is 17.3. The van der Waals surface area contributed by atoms with Gasteiger partial charge in [-0.15, -0.1) is 0 Å². The Morgan fingerprint density at radius 1 is 1.32 bits per heavy atom. The van der Waals surface area contributed by atoms with E-state index in [-0.39, 0.29) is 17.6 Å². The second-order valence-electron chi connectivity index (χ2n) is 8.74. The Hall–Kier alpha value is -1.79. The second kappa shape index (κ2) is 6.84. The third-order valence-electron chi connectivity index (χ3n) is 4.34. The van der Waals surface area contributed by atoms with Crippen molar-refractivity contribution in [3.8, 4) is 0 Å². The van der Waals surface area contributed by atoms with Crippen molar-refractivity contribution in [1.82, 2.24) is 0 Å². The highest BCUT2D eigenvalue weighted by molar-refractivity contribution is 5.94. The van der Waals surface area contributed by atoms with Gasteiger partial charge in [-0.05, 0) is 43.9 Å². The van der Waals surface area contributed by atoms with Crippen LogP contribution in [0.25, 0.3) is 0 Å². The van der Waals surface area contributed by atoms with Crippen LogP contribution in [0.4, 0.5) is 17.1 Å². The number of amides is 1. The summed E-state index contributed by atoms with van der Waals surface area (Å²) in [5.74, 6) is 0.0913. The van der Waals surface area contributed by atoms with E-state index in [0.717, 1.165) is 17.1 Å². The lowest BCUT2D eigenvalue weighted by molar-refractivity contribution is -0.120. The number of nitrogens with one attached hydrogen (secondary N) is 1. The average molecular weight is 348 g/mol. The Kier molecular flexibility index (Phi) is 5.35. The quantitative estimate of drug-likeness (QED) is 0.762. The smallest absolute Gasteiger partial charge is 0.227 e. The predicted octanol–water partition coefficient (Wildman–Crippen LogP) is 2.72. The molecule has 4 N–H and O–H groups in total. The van der Waals surface area contributed by atoms with Crippen molar-refractivity contribution in [2.75, 3.05) is 28.7 Å². The maximum Gasteiger partial charge on any atom is 0.227 e. The molecule has 140 valence electrons. The lowest BCUT2D eigenvalue weighted by atomic mass is 9.91. The van der Waals surface area contributed by atoms with Crippen LogP contribution in [0.15, 0.2) is 18.2 Å². The summed E-state index contributed by atoms with van der Waals surface area (Å²) in [5, 5.41) is 13.2. The molecule has 6 nitrogen and oxygen atoms in total. The first-order valence-electron chi connectivity index (χ1n) is 8.79. The van der Waals surface area contributed by atoms with Gasteiger partial charge >= 0.3 is 0 Å². The molecule has 6 heteroatoms. The van der Waals surface area contributed by atoms with Crippen molar-refractivity contribution < 1.29 is 9.90 Å². The molecule has 0 radical (unpaired) electrons. The SMILES string of the molecule is CN(C(=O)CC(C)(C)C)c1ccc2c(c1)NC(N)N2CCC(C)(C)O. The number of fused-ring (bicyclic) bond motifs is 1. The van der Waals surface area contributed by atoms with E-state index < -0.39 is 5.60 Å². The van der Waals surface area contributed by atoms with Crippen LogP contribution in [0.3, 0.4) is 0 Å². The van der Waals surface area contributed by atoms with Crippen molar-refractivity contribution in [3.63, 3.8) is 0 Å². The fourth-order valence-electron chi connectivity index (χ4n) is 2.86. The van der Waals surface area contributed by atoms with Crippen molar-refractivity contribution >= 4 is 23.0 Å². The fourth-order valence-corrected chi connectivity index (χ4v) is 2.86. The summed E-state index contributed by atoms with van der Waals surface area (Å²) in [5.41, 5.74) is 8.16. The van der Waals surface area contributed by atoms with E-state index >= 15 is 0 Å². The lowest BCUT2D eigenvalue weighted by Gasteiger charge is -2.27. The highest BCUT2D eigenvalue weighted by Crippen LogP contribution is 2.37. The van der Waals surface area contributed by atoms with Gasteiger partial charge in [0.1, 0.15) is 0 Å². The number of nitrogens with two attached hydrogens (primary N) is 1. The number of benzene rings is 1. The molecule has 0 saturated carbocycles. The Labute approximate surface area is 151 Å². The van der Waals surface area contributed by atoms with Gasteiger partial charge in [-0.25, -0.2) is 0 Å². The summed E-state index contributed by atoms with van der Waals surface area (Å²) in [6.07, 6.45) is 0.780. The van der Waals surface area contributed by atoms with Crippen LogP contribution in [0, 0.1) is 5.41 Å². The number of aliphatic hydroxyl groups is 1. The Balaban J connectivity index is 2.15. The number of hydrogen-bond acceptors (Lipinski definition) is 5. The van der Waals surface area contributed by atoms with Crippen LogP contribution in [-0.4, -0.2) is 36.5 Å². The molecule has 1 aliphatic rings. The molecule has 1 unspecified atom stereocenters. The number of anilines is 3. The molecule has 0 saturated heterocycles. The number of carbonyl (C=O) groups is 1. The minimum Gasteiger partial charge on any atom is -0.390 e. The number of rotatable bonds is 5. The van der Waals surface area contributed by atoms with E-state index in [1.165, 1.54) is 0 Å². The molecule has 1 aromatic rings. The molecule has 1 aromatic carbocycles. The monoisotopic (exact) mass is 348 g/mol. The summed E-state index contributed by atoms with van der Waals surface area (Å²) in [6.45, 7) is 10.4. The summed E-state index contributed by atoms with van der Waals surface area (Å²) in [7, 11) is 1.80. The number of hydrogen-bond donors (Lipinski definition) is 3. The molecule has 0 spiro atoms. The molecule has 25 heavy (non-hydrogen) atoms. The molecule has 1 atom stereocenters. The minimum absolute atomic E-state index is 0.0451. The van der Waals surface area contributed by atoms with Gasteiger partial charge in [0.25, 0.3) is 0 Å². The van der Waals surface area contributed by atoms with E-state index in [9.17, 15) is 9.90 Å². The number of nitrogens with zero attached hydrogens (tertiary/aromatic N) is 2. The largest absolute Gasteiger partial charge is 0.390 e. The topological polar surface area (TPSA) is 81.8 Å². The average Bonchev–Trinajstić information content (AvgIpc) is 2.76.